The van der Waals surface area contributed by atoms with Crippen LogP contribution in [0.25, 0.3) is 0 Å². The number of aliphatic hydroxyl groups excluding tert-OH is 1. The first kappa shape index (κ1) is 18.3. The van der Waals surface area contributed by atoms with Gasteiger partial charge in [-0.2, -0.15) is 12.8 Å². The predicted octanol–water partition coefficient (Wildman–Crippen LogP) is -1.43. The van der Waals surface area contributed by atoms with E-state index in [1.165, 1.54) is 0 Å². The number of aliphatic carboxylic acids is 1. The van der Waals surface area contributed by atoms with E-state index >= 15 is 0 Å². The normalized spacial score (nSPS) is 11.0. The van der Waals surface area contributed by atoms with Crippen molar-refractivity contribution in [3.63, 3.8) is 0 Å². The average molecular weight is 269 g/mol. The molecule has 0 amide bonds. The minimum absolute atomic E-state index is 0.0972. The van der Waals surface area contributed by atoms with Gasteiger partial charge in [0.25, 0.3) is 0 Å². The highest BCUT2D eigenvalue weighted by molar-refractivity contribution is 7.61. The van der Waals surface area contributed by atoms with Gasteiger partial charge in [0.05, 0.1) is 6.61 Å². The summed E-state index contributed by atoms with van der Waals surface area (Å²) in [5.41, 5.74) is 9.97. The largest absolute Gasteiger partial charge is 0.480 e. The van der Waals surface area contributed by atoms with Crippen LogP contribution in [0.3, 0.4) is 0 Å². The molecule has 0 fully saturated rings. The molecule has 102 valence electrons. The fourth-order valence-electron chi connectivity index (χ4n) is 0.807. The Bertz CT molecular complexity index is 307. The number of nitrogens with two attached hydrogens (primary N) is 2. The molecule has 0 spiro atoms. The van der Waals surface area contributed by atoms with E-state index in [9.17, 15) is 13.2 Å². The van der Waals surface area contributed by atoms with Crippen molar-refractivity contribution in [2.75, 3.05) is 19.7 Å². The van der Waals surface area contributed by atoms with Crippen LogP contribution >= 0.6 is 0 Å². The van der Waals surface area contributed by atoms with Gasteiger partial charge in [-0.1, -0.05) is 0 Å². The molecule has 6 N–H and O–H groups in total. The fourth-order valence-corrected chi connectivity index (χ4v) is 1.21. The molecule has 0 rings (SSSR count). The lowest BCUT2D eigenvalue weighted by atomic mass is 10.1. The maximum Gasteiger partial charge on any atom is 0.329 e. The van der Waals surface area contributed by atoms with E-state index in [1.807, 2.05) is 0 Å². The van der Waals surface area contributed by atoms with Gasteiger partial charge in [0.1, 0.15) is 0 Å². The summed E-state index contributed by atoms with van der Waals surface area (Å²) < 4.78 is 23.2. The second kappa shape index (κ2) is 13.0. The molecule has 0 aliphatic carbocycles. The van der Waals surface area contributed by atoms with Crippen LogP contribution in [0.15, 0.2) is 4.36 Å². The lowest BCUT2D eigenvalue weighted by molar-refractivity contribution is -0.138. The van der Waals surface area contributed by atoms with E-state index in [1.54, 1.807) is 0 Å². The summed E-state index contributed by atoms with van der Waals surface area (Å²) in [4.78, 5) is 10.4. The van der Waals surface area contributed by atoms with Crippen molar-refractivity contribution in [3.8, 4) is 0 Å². The zero-order valence-corrected chi connectivity index (χ0v) is 10.3. The fraction of sp³-hybridized carbons (Fsp3) is 0.875. The molecule has 9 heteroatoms. The highest BCUT2D eigenvalue weighted by Gasteiger charge is 2.15. The van der Waals surface area contributed by atoms with Crippen molar-refractivity contribution in [1.29, 1.82) is 0 Å². The van der Waals surface area contributed by atoms with Crippen molar-refractivity contribution in [2.24, 2.45) is 15.8 Å². The molecule has 1 unspecified atom stereocenters. The number of unbranched alkanes of at least 4 members (excludes halogenated alkanes) is 1. The van der Waals surface area contributed by atoms with Gasteiger partial charge in [0.15, 0.2) is 6.04 Å². The molecule has 17 heavy (non-hydrogen) atoms. The van der Waals surface area contributed by atoms with Crippen molar-refractivity contribution in [2.45, 2.75) is 25.3 Å². The number of rotatable bonds is 7. The maximum absolute atomic E-state index is 10.4. The number of aliphatic hydroxyl groups is 1. The molecular weight excluding hydrogens is 250 g/mol. The first-order valence-electron chi connectivity index (χ1n) is 5.03. The van der Waals surface area contributed by atoms with Crippen molar-refractivity contribution in [3.05, 3.63) is 0 Å². The Morgan fingerprint density at radius 3 is 2.06 bits per heavy atom. The third-order valence-corrected chi connectivity index (χ3v) is 1.99. The summed E-state index contributed by atoms with van der Waals surface area (Å²) in [6.07, 6.45) is 1.44. The first-order valence-corrected chi connectivity index (χ1v) is 6.06. The van der Waals surface area contributed by atoms with Crippen LogP contribution in [0.4, 0.5) is 0 Å². The standard InChI is InChI=1S/C6H12N2O4S.C2H7NO/c7-4-2-1-3-5(6(9)10)8-13(11)12;3-1-2-4/h5H,1-4,7H2,(H,9,10);4H,1-3H2. The summed E-state index contributed by atoms with van der Waals surface area (Å²) in [5, 5.41) is 16.3. The van der Waals surface area contributed by atoms with Gasteiger partial charge in [-0.05, 0) is 25.8 Å². The smallest absolute Gasteiger partial charge is 0.329 e. The van der Waals surface area contributed by atoms with Crippen LogP contribution in [0.1, 0.15) is 19.3 Å². The van der Waals surface area contributed by atoms with E-state index in [4.69, 9.17) is 21.7 Å². The third-order valence-electron chi connectivity index (χ3n) is 1.56. The van der Waals surface area contributed by atoms with Gasteiger partial charge in [0.2, 0.25) is 0 Å². The molecule has 0 heterocycles. The number of carboxylic acids is 1. The molecular formula is C8H19N3O5S. The van der Waals surface area contributed by atoms with Gasteiger partial charge >= 0.3 is 16.5 Å². The van der Waals surface area contributed by atoms with Gasteiger partial charge in [-0.3, -0.25) is 0 Å². The molecule has 8 nitrogen and oxygen atoms in total. The topological polar surface area (TPSA) is 156 Å². The summed E-state index contributed by atoms with van der Waals surface area (Å²) >= 11 is 0. The molecule has 0 aromatic rings. The highest BCUT2D eigenvalue weighted by Crippen LogP contribution is 2.04. The van der Waals surface area contributed by atoms with E-state index in [2.05, 4.69) is 4.36 Å². The second-order valence-electron chi connectivity index (χ2n) is 2.97. The van der Waals surface area contributed by atoms with E-state index < -0.39 is 22.5 Å². The zero-order chi connectivity index (χ0) is 13.7. The number of nitrogens with zero attached hydrogens (tertiary/aromatic N) is 1. The van der Waals surface area contributed by atoms with Gasteiger partial charge in [0, 0.05) is 6.54 Å². The second-order valence-corrected chi connectivity index (χ2v) is 3.62. The SMILES string of the molecule is NCCCCC(N=S(=O)=O)C(=O)O.NCCO. The third kappa shape index (κ3) is 15.0. The van der Waals surface area contributed by atoms with E-state index in [0.717, 1.165) is 0 Å². The van der Waals surface area contributed by atoms with Gasteiger partial charge in [-0.25, -0.2) is 4.79 Å². The summed E-state index contributed by atoms with van der Waals surface area (Å²) in [5.74, 6) is -1.22. The average Bonchev–Trinajstić information content (AvgIpc) is 2.27. The molecule has 0 aliphatic heterocycles. The molecule has 0 aromatic heterocycles. The van der Waals surface area contributed by atoms with Crippen molar-refractivity contribution in [1.82, 2.24) is 0 Å². The lowest BCUT2D eigenvalue weighted by Crippen LogP contribution is -2.17. The molecule has 0 saturated heterocycles. The summed E-state index contributed by atoms with van der Waals surface area (Å²) in [6, 6.07) is -1.16. The van der Waals surface area contributed by atoms with Crippen LogP contribution in [0.2, 0.25) is 0 Å². The minimum atomic E-state index is -2.66. The van der Waals surface area contributed by atoms with Crippen LogP contribution < -0.4 is 11.5 Å². The Balaban J connectivity index is 0. The lowest BCUT2D eigenvalue weighted by Gasteiger charge is -2.02. The van der Waals surface area contributed by atoms with Crippen molar-refractivity contribution < 1.29 is 23.4 Å². The molecule has 1 atom stereocenters. The quantitative estimate of drug-likeness (QED) is 0.412. The monoisotopic (exact) mass is 269 g/mol. The zero-order valence-electron chi connectivity index (χ0n) is 9.45. The minimum Gasteiger partial charge on any atom is -0.480 e. The summed E-state index contributed by atoms with van der Waals surface area (Å²) in [6.45, 7) is 0.937. The Hall–Kier alpha value is -1.03. The number of carbonyl (C=O) groups is 1. The Morgan fingerprint density at radius 1 is 1.24 bits per heavy atom. The van der Waals surface area contributed by atoms with Crippen molar-refractivity contribution >= 4 is 16.5 Å². The predicted molar refractivity (Wildman–Crippen MR) is 61.8 cm³/mol. The molecule has 0 saturated carbocycles. The Labute approximate surface area is 101 Å². The van der Waals surface area contributed by atoms with Gasteiger partial charge in [-0.15, -0.1) is 0 Å². The van der Waals surface area contributed by atoms with Gasteiger partial charge < -0.3 is 21.7 Å². The van der Waals surface area contributed by atoms with E-state index in [0.29, 0.717) is 25.9 Å². The maximum atomic E-state index is 10.4. The number of hydrogen-bond acceptors (Lipinski definition) is 7. The van der Waals surface area contributed by atoms with Crippen LogP contribution in [-0.2, 0) is 15.3 Å². The number of carboxylic acid groups (broad SMARTS) is 1. The molecule has 0 radical (unpaired) electrons. The van der Waals surface area contributed by atoms with Crippen LogP contribution in [0.5, 0.6) is 0 Å². The van der Waals surface area contributed by atoms with Crippen LogP contribution in [-0.4, -0.2) is 50.3 Å². The molecule has 0 aliphatic rings. The Kier molecular flexibility index (Phi) is 14.1. The molecule has 0 aromatic carbocycles. The van der Waals surface area contributed by atoms with E-state index in [-0.39, 0.29) is 13.0 Å². The molecule has 0 bridgehead atoms. The first-order chi connectivity index (χ1) is 7.99. The van der Waals surface area contributed by atoms with Crippen LogP contribution in [0, 0.1) is 0 Å². The highest BCUT2D eigenvalue weighted by atomic mass is 32.2. The number of hydrogen-bond donors (Lipinski definition) is 4. The Morgan fingerprint density at radius 2 is 1.76 bits per heavy atom. The summed E-state index contributed by atoms with van der Waals surface area (Å²) in [7, 11) is -2.66.